The molecule has 0 heterocycles. The molecule has 0 radical (unpaired) electrons. The summed E-state index contributed by atoms with van der Waals surface area (Å²) in [5.41, 5.74) is 6.97. The Bertz CT molecular complexity index is 352. The fourth-order valence-corrected chi connectivity index (χ4v) is 2.00. The van der Waals surface area contributed by atoms with Crippen molar-refractivity contribution in [3.8, 4) is 0 Å². The normalized spacial score (nSPS) is 13.7. The molecule has 96 valence electrons. The van der Waals surface area contributed by atoms with Gasteiger partial charge in [-0.15, -0.1) is 0 Å². The molecule has 3 heteroatoms. The molecule has 0 aliphatic rings. The van der Waals surface area contributed by atoms with E-state index < -0.39 is 0 Å². The van der Waals surface area contributed by atoms with Gasteiger partial charge in [0.2, 0.25) is 0 Å². The van der Waals surface area contributed by atoms with Gasteiger partial charge in [0.15, 0.2) is 0 Å². The Morgan fingerprint density at radius 2 is 2.12 bits per heavy atom. The smallest absolute Gasteiger partial charge is 0.0623 e. The molecule has 0 amide bonds. The molecule has 1 aromatic rings. The second kappa shape index (κ2) is 6.39. The zero-order chi connectivity index (χ0) is 12.9. The minimum Gasteiger partial charge on any atom is -0.379 e. The Hall–Kier alpha value is -0.570. The van der Waals surface area contributed by atoms with Gasteiger partial charge in [-0.3, -0.25) is 0 Å². The maximum absolute atomic E-state index is 6.00. The van der Waals surface area contributed by atoms with Crippen molar-refractivity contribution in [1.82, 2.24) is 0 Å². The summed E-state index contributed by atoms with van der Waals surface area (Å²) in [7, 11) is 1.75. The molecule has 0 aliphatic carbocycles. The summed E-state index contributed by atoms with van der Waals surface area (Å²) >= 11 is 6.00. The number of benzene rings is 1. The Kier molecular flexibility index (Phi) is 5.44. The van der Waals surface area contributed by atoms with Gasteiger partial charge in [0.05, 0.1) is 5.60 Å². The Balaban J connectivity index is 2.66. The molecule has 17 heavy (non-hydrogen) atoms. The summed E-state index contributed by atoms with van der Waals surface area (Å²) in [6.45, 7) is 4.83. The van der Waals surface area contributed by atoms with Crippen molar-refractivity contribution in [3.63, 3.8) is 0 Å². The largest absolute Gasteiger partial charge is 0.379 e. The van der Waals surface area contributed by atoms with E-state index in [9.17, 15) is 0 Å². The highest BCUT2D eigenvalue weighted by Crippen LogP contribution is 2.27. The van der Waals surface area contributed by atoms with Crippen molar-refractivity contribution in [2.24, 2.45) is 5.73 Å². The van der Waals surface area contributed by atoms with Crippen LogP contribution in [0.5, 0.6) is 0 Å². The van der Waals surface area contributed by atoms with Crippen LogP contribution < -0.4 is 5.73 Å². The summed E-state index contributed by atoms with van der Waals surface area (Å²) in [6.07, 6.45) is 2.00. The van der Waals surface area contributed by atoms with E-state index >= 15 is 0 Å². The molecule has 0 aliphatic heterocycles. The third-order valence-electron chi connectivity index (χ3n) is 3.25. The Morgan fingerprint density at radius 3 is 2.65 bits per heavy atom. The van der Waals surface area contributed by atoms with Gasteiger partial charge in [-0.1, -0.05) is 23.7 Å². The minimum absolute atomic E-state index is 0.0913. The molecule has 2 nitrogen and oxygen atoms in total. The van der Waals surface area contributed by atoms with Gasteiger partial charge in [-0.25, -0.2) is 0 Å². The summed E-state index contributed by atoms with van der Waals surface area (Å²) in [4.78, 5) is 0. The molecule has 0 saturated carbocycles. The zero-order valence-corrected chi connectivity index (χ0v) is 11.6. The lowest BCUT2D eigenvalue weighted by molar-refractivity contribution is 0.0125. The summed E-state index contributed by atoms with van der Waals surface area (Å²) in [5.74, 6) is 0.350. The molecular formula is C14H22ClNO. The van der Waals surface area contributed by atoms with Crippen LogP contribution in [0.2, 0.25) is 5.02 Å². The second-order valence-corrected chi connectivity index (χ2v) is 5.43. The van der Waals surface area contributed by atoms with Gasteiger partial charge in [0.1, 0.15) is 0 Å². The van der Waals surface area contributed by atoms with Gasteiger partial charge < -0.3 is 10.5 Å². The van der Waals surface area contributed by atoms with Crippen molar-refractivity contribution >= 4 is 11.6 Å². The fourth-order valence-electron chi connectivity index (χ4n) is 1.81. The van der Waals surface area contributed by atoms with E-state index in [-0.39, 0.29) is 5.60 Å². The molecule has 0 fully saturated rings. The second-order valence-electron chi connectivity index (χ2n) is 4.99. The quantitative estimate of drug-likeness (QED) is 0.843. The first kappa shape index (κ1) is 14.5. The Morgan fingerprint density at radius 1 is 1.41 bits per heavy atom. The van der Waals surface area contributed by atoms with Gasteiger partial charge >= 0.3 is 0 Å². The van der Waals surface area contributed by atoms with Crippen LogP contribution in [0.25, 0.3) is 0 Å². The molecule has 0 spiro atoms. The van der Waals surface area contributed by atoms with E-state index in [4.69, 9.17) is 22.1 Å². The fraction of sp³-hybridized carbons (Fsp3) is 0.571. The number of rotatable bonds is 6. The number of methoxy groups -OCH3 is 1. The third kappa shape index (κ3) is 4.66. The first-order valence-corrected chi connectivity index (χ1v) is 6.37. The predicted octanol–water partition coefficient (Wildman–Crippen LogP) is 3.59. The first-order valence-electron chi connectivity index (χ1n) is 5.99. The summed E-state index contributed by atoms with van der Waals surface area (Å²) in [6, 6.07) is 7.95. The number of hydrogen-bond acceptors (Lipinski definition) is 2. The van der Waals surface area contributed by atoms with Crippen LogP contribution >= 0.6 is 11.6 Å². The Labute approximate surface area is 109 Å². The van der Waals surface area contributed by atoms with Crippen molar-refractivity contribution < 1.29 is 4.74 Å². The zero-order valence-electron chi connectivity index (χ0n) is 10.9. The lowest BCUT2D eigenvalue weighted by Crippen LogP contribution is -2.24. The van der Waals surface area contributed by atoms with Crippen LogP contribution in [-0.4, -0.2) is 19.3 Å². The molecular weight excluding hydrogens is 234 g/mol. The van der Waals surface area contributed by atoms with E-state index in [2.05, 4.69) is 19.9 Å². The van der Waals surface area contributed by atoms with Crippen LogP contribution in [0.15, 0.2) is 24.3 Å². The molecule has 0 bridgehead atoms. The van der Waals surface area contributed by atoms with E-state index in [1.807, 2.05) is 18.2 Å². The number of hydrogen-bond donors (Lipinski definition) is 1. The molecule has 1 atom stereocenters. The summed E-state index contributed by atoms with van der Waals surface area (Å²) in [5, 5.41) is 0.770. The topological polar surface area (TPSA) is 35.2 Å². The lowest BCUT2D eigenvalue weighted by atomic mass is 9.90. The van der Waals surface area contributed by atoms with Crippen molar-refractivity contribution in [2.75, 3.05) is 13.7 Å². The maximum Gasteiger partial charge on any atom is 0.0623 e. The minimum atomic E-state index is -0.0913. The lowest BCUT2D eigenvalue weighted by Gasteiger charge is -2.25. The molecule has 1 aromatic carbocycles. The average molecular weight is 256 g/mol. The van der Waals surface area contributed by atoms with Gasteiger partial charge in [0.25, 0.3) is 0 Å². The average Bonchev–Trinajstić information content (AvgIpc) is 2.30. The molecule has 0 saturated heterocycles. The van der Waals surface area contributed by atoms with E-state index in [0.717, 1.165) is 17.9 Å². The third-order valence-corrected chi connectivity index (χ3v) is 3.49. The number of halogens is 1. The molecule has 1 unspecified atom stereocenters. The van der Waals surface area contributed by atoms with E-state index in [0.29, 0.717) is 12.5 Å². The highest BCUT2D eigenvalue weighted by atomic mass is 35.5. The van der Waals surface area contributed by atoms with Crippen LogP contribution in [0.4, 0.5) is 0 Å². The molecule has 2 N–H and O–H groups in total. The standard InChI is InChI=1S/C14H22ClNO/c1-14(2,17-3)8-7-12(10-16)11-5-4-6-13(15)9-11/h4-6,9,12H,7-8,10,16H2,1-3H3. The maximum atomic E-state index is 6.00. The van der Waals surface area contributed by atoms with Crippen LogP contribution in [0, 0.1) is 0 Å². The molecule has 1 rings (SSSR count). The van der Waals surface area contributed by atoms with Crippen LogP contribution in [0.3, 0.4) is 0 Å². The highest BCUT2D eigenvalue weighted by molar-refractivity contribution is 6.30. The van der Waals surface area contributed by atoms with Crippen molar-refractivity contribution in [3.05, 3.63) is 34.9 Å². The highest BCUT2D eigenvalue weighted by Gasteiger charge is 2.19. The van der Waals surface area contributed by atoms with Crippen LogP contribution in [0.1, 0.15) is 38.2 Å². The predicted molar refractivity (Wildman–Crippen MR) is 73.6 cm³/mol. The monoisotopic (exact) mass is 255 g/mol. The van der Waals surface area contributed by atoms with Crippen LogP contribution in [-0.2, 0) is 4.74 Å². The van der Waals surface area contributed by atoms with E-state index in [1.54, 1.807) is 7.11 Å². The number of ether oxygens (including phenoxy) is 1. The van der Waals surface area contributed by atoms with Gasteiger partial charge in [-0.2, -0.15) is 0 Å². The number of nitrogens with two attached hydrogens (primary N) is 1. The summed E-state index contributed by atoms with van der Waals surface area (Å²) < 4.78 is 5.43. The first-order chi connectivity index (χ1) is 7.98. The van der Waals surface area contributed by atoms with E-state index in [1.165, 1.54) is 5.56 Å². The van der Waals surface area contributed by atoms with Gasteiger partial charge in [-0.05, 0) is 56.8 Å². The van der Waals surface area contributed by atoms with Gasteiger partial charge in [0, 0.05) is 12.1 Å². The SMILES string of the molecule is COC(C)(C)CCC(CN)c1cccc(Cl)c1. The molecule has 0 aromatic heterocycles. The van der Waals surface area contributed by atoms with Crippen molar-refractivity contribution in [2.45, 2.75) is 38.2 Å². The van der Waals surface area contributed by atoms with Crippen molar-refractivity contribution in [1.29, 1.82) is 0 Å².